The number of aryl methyl sites for hydroxylation is 1. The summed E-state index contributed by atoms with van der Waals surface area (Å²) in [6, 6.07) is 3.06. The van der Waals surface area contributed by atoms with Gasteiger partial charge in [0.1, 0.15) is 11.3 Å². The summed E-state index contributed by atoms with van der Waals surface area (Å²) < 4.78 is 2.30. The van der Waals surface area contributed by atoms with Crippen molar-refractivity contribution in [3.63, 3.8) is 0 Å². The SMILES string of the molecule is Cn1c(=O)c2ccc(C(=O)NCC3CCCNC3)nc2n(C)c1=O. The number of hydrogen-bond acceptors (Lipinski definition) is 5. The van der Waals surface area contributed by atoms with E-state index < -0.39 is 11.2 Å². The van der Waals surface area contributed by atoms with E-state index in [1.54, 1.807) is 6.07 Å². The Bertz CT molecular complexity index is 893. The highest BCUT2D eigenvalue weighted by atomic mass is 16.2. The number of nitrogens with zero attached hydrogens (tertiary/aromatic N) is 3. The van der Waals surface area contributed by atoms with Crippen LogP contribution in [0.4, 0.5) is 0 Å². The third kappa shape index (κ3) is 2.96. The number of pyridine rings is 1. The summed E-state index contributed by atoms with van der Waals surface area (Å²) in [5.74, 6) is 0.121. The Morgan fingerprint density at radius 1 is 1.33 bits per heavy atom. The zero-order valence-electron chi connectivity index (χ0n) is 13.8. The van der Waals surface area contributed by atoms with Gasteiger partial charge >= 0.3 is 5.69 Å². The van der Waals surface area contributed by atoms with Gasteiger partial charge in [0.05, 0.1) is 5.39 Å². The second-order valence-corrected chi connectivity index (χ2v) is 6.20. The Morgan fingerprint density at radius 2 is 2.12 bits per heavy atom. The molecular weight excluding hydrogens is 310 g/mol. The van der Waals surface area contributed by atoms with Gasteiger partial charge in [-0.05, 0) is 44.0 Å². The van der Waals surface area contributed by atoms with Gasteiger partial charge in [0.25, 0.3) is 11.5 Å². The van der Waals surface area contributed by atoms with Crippen LogP contribution in [0.5, 0.6) is 0 Å². The monoisotopic (exact) mass is 331 g/mol. The molecule has 0 saturated carbocycles. The first kappa shape index (κ1) is 16.4. The molecule has 8 nitrogen and oxygen atoms in total. The van der Waals surface area contributed by atoms with Crippen molar-refractivity contribution in [2.75, 3.05) is 19.6 Å². The van der Waals surface area contributed by atoms with Crippen molar-refractivity contribution in [3.8, 4) is 0 Å². The molecule has 128 valence electrons. The van der Waals surface area contributed by atoms with Gasteiger partial charge in [0.15, 0.2) is 0 Å². The van der Waals surface area contributed by atoms with Crippen LogP contribution >= 0.6 is 0 Å². The van der Waals surface area contributed by atoms with Gasteiger partial charge < -0.3 is 10.6 Å². The molecule has 0 radical (unpaired) electrons. The molecule has 8 heteroatoms. The van der Waals surface area contributed by atoms with Crippen molar-refractivity contribution in [1.29, 1.82) is 0 Å². The van der Waals surface area contributed by atoms with Crippen molar-refractivity contribution >= 4 is 16.9 Å². The standard InChI is InChI=1S/C16H21N5O3/c1-20-13-11(15(23)21(2)16(20)24)5-6-12(19-13)14(22)18-9-10-4-3-7-17-8-10/h5-6,10,17H,3-4,7-9H2,1-2H3,(H,18,22). The molecule has 1 aliphatic heterocycles. The molecule has 24 heavy (non-hydrogen) atoms. The first-order chi connectivity index (χ1) is 11.5. The van der Waals surface area contributed by atoms with E-state index in [4.69, 9.17) is 0 Å². The number of amides is 1. The smallest absolute Gasteiger partial charge is 0.332 e. The van der Waals surface area contributed by atoms with Crippen LogP contribution in [-0.4, -0.2) is 39.7 Å². The fraction of sp³-hybridized carbons (Fsp3) is 0.500. The molecule has 0 aromatic carbocycles. The second kappa shape index (κ2) is 6.56. The molecular formula is C16H21N5O3. The number of carbonyl (C=O) groups is 1. The average molecular weight is 331 g/mol. The van der Waals surface area contributed by atoms with Gasteiger partial charge in [0, 0.05) is 20.6 Å². The Balaban J connectivity index is 1.86. The lowest BCUT2D eigenvalue weighted by molar-refractivity contribution is 0.0940. The number of nitrogens with one attached hydrogen (secondary N) is 2. The maximum Gasteiger partial charge on any atom is 0.332 e. The fourth-order valence-electron chi connectivity index (χ4n) is 3.01. The van der Waals surface area contributed by atoms with Crippen LogP contribution in [0, 0.1) is 5.92 Å². The molecule has 1 amide bonds. The van der Waals surface area contributed by atoms with Crippen LogP contribution in [-0.2, 0) is 14.1 Å². The van der Waals surface area contributed by atoms with Crippen molar-refractivity contribution in [1.82, 2.24) is 24.8 Å². The summed E-state index contributed by atoms with van der Waals surface area (Å²) >= 11 is 0. The molecule has 3 heterocycles. The van der Waals surface area contributed by atoms with Gasteiger partial charge in [-0.1, -0.05) is 0 Å². The first-order valence-corrected chi connectivity index (χ1v) is 8.04. The van der Waals surface area contributed by atoms with E-state index in [-0.39, 0.29) is 17.2 Å². The number of fused-ring (bicyclic) bond motifs is 1. The first-order valence-electron chi connectivity index (χ1n) is 8.04. The second-order valence-electron chi connectivity index (χ2n) is 6.20. The quantitative estimate of drug-likeness (QED) is 0.780. The molecule has 3 rings (SSSR count). The van der Waals surface area contributed by atoms with E-state index in [9.17, 15) is 14.4 Å². The van der Waals surface area contributed by atoms with Crippen LogP contribution < -0.4 is 21.9 Å². The topological polar surface area (TPSA) is 98.0 Å². The molecule has 0 aliphatic carbocycles. The highest BCUT2D eigenvalue weighted by molar-refractivity contribution is 5.94. The predicted octanol–water partition coefficient (Wildman–Crippen LogP) is -0.638. The van der Waals surface area contributed by atoms with Gasteiger partial charge in [-0.25, -0.2) is 9.78 Å². The Morgan fingerprint density at radius 3 is 2.83 bits per heavy atom. The summed E-state index contributed by atoms with van der Waals surface area (Å²) in [7, 11) is 2.95. The highest BCUT2D eigenvalue weighted by Crippen LogP contribution is 2.09. The Kier molecular flexibility index (Phi) is 4.48. The molecule has 0 bridgehead atoms. The lowest BCUT2D eigenvalue weighted by Gasteiger charge is -2.22. The molecule has 1 atom stereocenters. The van der Waals surface area contributed by atoms with E-state index in [0.717, 1.165) is 30.5 Å². The Labute approximate surface area is 138 Å². The van der Waals surface area contributed by atoms with Gasteiger partial charge in [-0.2, -0.15) is 0 Å². The number of carbonyl (C=O) groups excluding carboxylic acids is 1. The third-order valence-corrected chi connectivity index (χ3v) is 4.48. The van der Waals surface area contributed by atoms with Crippen LogP contribution in [0.3, 0.4) is 0 Å². The summed E-state index contributed by atoms with van der Waals surface area (Å²) in [6.07, 6.45) is 2.20. The molecule has 1 unspecified atom stereocenters. The average Bonchev–Trinajstić information content (AvgIpc) is 2.63. The van der Waals surface area contributed by atoms with Crippen LogP contribution in [0.25, 0.3) is 11.0 Å². The normalized spacial score (nSPS) is 17.8. The van der Waals surface area contributed by atoms with Gasteiger partial charge in [-0.3, -0.25) is 18.7 Å². The molecule has 1 saturated heterocycles. The van der Waals surface area contributed by atoms with Crippen molar-refractivity contribution < 1.29 is 4.79 Å². The van der Waals surface area contributed by atoms with E-state index >= 15 is 0 Å². The summed E-state index contributed by atoms with van der Waals surface area (Å²) in [4.78, 5) is 40.6. The summed E-state index contributed by atoms with van der Waals surface area (Å²) in [6.45, 7) is 2.51. The van der Waals surface area contributed by atoms with E-state index in [2.05, 4.69) is 15.6 Å². The zero-order valence-corrected chi connectivity index (χ0v) is 13.8. The van der Waals surface area contributed by atoms with Crippen molar-refractivity contribution in [2.24, 2.45) is 20.0 Å². The molecule has 2 aromatic rings. The summed E-state index contributed by atoms with van der Waals surface area (Å²) in [5.41, 5.74) is -0.462. The minimum atomic E-state index is -0.467. The molecule has 0 spiro atoms. The number of hydrogen-bond donors (Lipinski definition) is 2. The third-order valence-electron chi connectivity index (χ3n) is 4.48. The van der Waals surface area contributed by atoms with Crippen molar-refractivity contribution in [3.05, 3.63) is 38.7 Å². The maximum absolute atomic E-state index is 12.3. The predicted molar refractivity (Wildman–Crippen MR) is 90.2 cm³/mol. The molecule has 1 fully saturated rings. The van der Waals surface area contributed by atoms with Crippen LogP contribution in [0.1, 0.15) is 23.3 Å². The largest absolute Gasteiger partial charge is 0.350 e. The summed E-state index contributed by atoms with van der Waals surface area (Å²) in [5, 5.41) is 6.50. The van der Waals surface area contributed by atoms with Crippen LogP contribution in [0.2, 0.25) is 0 Å². The molecule has 1 aliphatic rings. The van der Waals surface area contributed by atoms with E-state index in [1.807, 2.05) is 0 Å². The van der Waals surface area contributed by atoms with E-state index in [1.165, 1.54) is 24.7 Å². The number of rotatable bonds is 3. The van der Waals surface area contributed by atoms with E-state index in [0.29, 0.717) is 17.8 Å². The maximum atomic E-state index is 12.3. The van der Waals surface area contributed by atoms with Gasteiger partial charge in [0.2, 0.25) is 0 Å². The minimum absolute atomic E-state index is 0.203. The zero-order chi connectivity index (χ0) is 17.3. The molecule has 2 aromatic heterocycles. The Hall–Kier alpha value is -2.48. The number of aromatic nitrogens is 3. The minimum Gasteiger partial charge on any atom is -0.350 e. The lowest BCUT2D eigenvalue weighted by Crippen LogP contribution is -2.39. The molecule has 2 N–H and O–H groups in total. The number of piperidine rings is 1. The fourth-order valence-corrected chi connectivity index (χ4v) is 3.01. The van der Waals surface area contributed by atoms with Gasteiger partial charge in [-0.15, -0.1) is 0 Å². The highest BCUT2D eigenvalue weighted by Gasteiger charge is 2.17. The van der Waals surface area contributed by atoms with Crippen molar-refractivity contribution in [2.45, 2.75) is 12.8 Å². The lowest BCUT2D eigenvalue weighted by atomic mass is 10.00. The van der Waals surface area contributed by atoms with Crippen LogP contribution in [0.15, 0.2) is 21.7 Å².